The van der Waals surface area contributed by atoms with Gasteiger partial charge in [0.25, 0.3) is 11.8 Å². The Kier molecular flexibility index (Phi) is 7.25. The zero-order chi connectivity index (χ0) is 17.4. The van der Waals surface area contributed by atoms with Gasteiger partial charge in [0.05, 0.1) is 6.10 Å². The SMILES string of the molecule is CCCNC(=O)c1cccc(C(=O)NCC(O)C2CCCCC2)c1. The van der Waals surface area contributed by atoms with Crippen LogP contribution in [0.5, 0.6) is 0 Å². The lowest BCUT2D eigenvalue weighted by Crippen LogP contribution is -2.37. The van der Waals surface area contributed by atoms with E-state index in [1.807, 2.05) is 6.92 Å². The summed E-state index contributed by atoms with van der Waals surface area (Å²) in [7, 11) is 0. The molecule has 132 valence electrons. The van der Waals surface area contributed by atoms with Crippen LogP contribution in [-0.4, -0.2) is 36.1 Å². The van der Waals surface area contributed by atoms with Crippen molar-refractivity contribution in [1.82, 2.24) is 10.6 Å². The lowest BCUT2D eigenvalue weighted by Gasteiger charge is -2.26. The molecule has 0 aliphatic heterocycles. The van der Waals surface area contributed by atoms with Gasteiger partial charge in [0.15, 0.2) is 0 Å². The second kappa shape index (κ2) is 9.42. The maximum absolute atomic E-state index is 12.3. The van der Waals surface area contributed by atoms with Crippen LogP contribution in [0, 0.1) is 5.92 Å². The van der Waals surface area contributed by atoms with Crippen LogP contribution in [0.15, 0.2) is 24.3 Å². The Morgan fingerprint density at radius 1 is 1.12 bits per heavy atom. The van der Waals surface area contributed by atoms with Crippen molar-refractivity contribution in [2.75, 3.05) is 13.1 Å². The molecule has 0 saturated heterocycles. The Balaban J connectivity index is 1.88. The third-order valence-corrected chi connectivity index (χ3v) is 4.59. The second-order valence-electron chi connectivity index (χ2n) is 6.51. The van der Waals surface area contributed by atoms with E-state index < -0.39 is 6.10 Å². The van der Waals surface area contributed by atoms with Gasteiger partial charge in [0, 0.05) is 24.2 Å². The standard InChI is InChI=1S/C19H28N2O3/c1-2-11-20-18(23)15-9-6-10-16(12-15)19(24)21-13-17(22)14-7-4-3-5-8-14/h6,9-10,12,14,17,22H,2-5,7-8,11,13H2,1H3,(H,20,23)(H,21,24). The van der Waals surface area contributed by atoms with E-state index in [-0.39, 0.29) is 24.3 Å². The van der Waals surface area contributed by atoms with Crippen molar-refractivity contribution in [1.29, 1.82) is 0 Å². The molecule has 1 aromatic rings. The summed E-state index contributed by atoms with van der Waals surface area (Å²) in [5, 5.41) is 15.8. The number of amides is 2. The van der Waals surface area contributed by atoms with Gasteiger partial charge < -0.3 is 15.7 Å². The fourth-order valence-corrected chi connectivity index (χ4v) is 3.13. The number of hydrogen-bond acceptors (Lipinski definition) is 3. The molecule has 2 rings (SSSR count). The average molecular weight is 332 g/mol. The Labute approximate surface area is 143 Å². The van der Waals surface area contributed by atoms with Crippen LogP contribution in [0.4, 0.5) is 0 Å². The molecule has 24 heavy (non-hydrogen) atoms. The van der Waals surface area contributed by atoms with Crippen LogP contribution in [-0.2, 0) is 0 Å². The van der Waals surface area contributed by atoms with E-state index in [1.165, 1.54) is 6.42 Å². The van der Waals surface area contributed by atoms with Crippen LogP contribution >= 0.6 is 0 Å². The van der Waals surface area contributed by atoms with Crippen molar-refractivity contribution in [2.45, 2.75) is 51.6 Å². The van der Waals surface area contributed by atoms with Gasteiger partial charge in [-0.15, -0.1) is 0 Å². The van der Waals surface area contributed by atoms with E-state index in [0.717, 1.165) is 32.1 Å². The summed E-state index contributed by atoms with van der Waals surface area (Å²) in [6, 6.07) is 6.66. The fraction of sp³-hybridized carbons (Fsp3) is 0.579. The summed E-state index contributed by atoms with van der Waals surface area (Å²) in [4.78, 5) is 24.2. The van der Waals surface area contributed by atoms with Crippen LogP contribution in [0.3, 0.4) is 0 Å². The highest BCUT2D eigenvalue weighted by Crippen LogP contribution is 2.26. The summed E-state index contributed by atoms with van der Waals surface area (Å²) in [5.41, 5.74) is 0.916. The molecular formula is C19H28N2O3. The molecule has 1 fully saturated rings. The molecule has 0 radical (unpaired) electrons. The van der Waals surface area contributed by atoms with Crippen molar-refractivity contribution in [3.05, 3.63) is 35.4 Å². The summed E-state index contributed by atoms with van der Waals surface area (Å²) in [5.74, 6) is -0.144. The Morgan fingerprint density at radius 2 is 1.75 bits per heavy atom. The molecule has 1 aliphatic carbocycles. The number of benzene rings is 1. The first kappa shape index (κ1) is 18.5. The Hall–Kier alpha value is -1.88. The number of carbonyl (C=O) groups excluding carboxylic acids is 2. The summed E-state index contributed by atoms with van der Waals surface area (Å²) in [6.45, 7) is 2.86. The zero-order valence-electron chi connectivity index (χ0n) is 14.4. The largest absolute Gasteiger partial charge is 0.391 e. The van der Waals surface area contributed by atoms with Crippen molar-refractivity contribution in [3.8, 4) is 0 Å². The van der Waals surface area contributed by atoms with Crippen molar-refractivity contribution >= 4 is 11.8 Å². The topological polar surface area (TPSA) is 78.4 Å². The second-order valence-corrected chi connectivity index (χ2v) is 6.51. The van der Waals surface area contributed by atoms with Crippen LogP contribution in [0.2, 0.25) is 0 Å². The maximum Gasteiger partial charge on any atom is 0.251 e. The minimum absolute atomic E-state index is 0.172. The predicted octanol–water partition coefficient (Wildman–Crippen LogP) is 2.50. The van der Waals surface area contributed by atoms with Crippen LogP contribution < -0.4 is 10.6 Å². The average Bonchev–Trinajstić information content (AvgIpc) is 2.64. The summed E-state index contributed by atoms with van der Waals surface area (Å²) < 4.78 is 0. The minimum Gasteiger partial charge on any atom is -0.391 e. The van der Waals surface area contributed by atoms with Gasteiger partial charge in [-0.2, -0.15) is 0 Å². The molecule has 1 aromatic carbocycles. The smallest absolute Gasteiger partial charge is 0.251 e. The maximum atomic E-state index is 12.3. The van der Waals surface area contributed by atoms with E-state index in [0.29, 0.717) is 17.7 Å². The molecular weight excluding hydrogens is 304 g/mol. The van der Waals surface area contributed by atoms with Crippen molar-refractivity contribution in [3.63, 3.8) is 0 Å². The molecule has 1 atom stereocenters. The first-order valence-electron chi connectivity index (χ1n) is 8.96. The van der Waals surface area contributed by atoms with Gasteiger partial charge in [-0.1, -0.05) is 32.3 Å². The lowest BCUT2D eigenvalue weighted by molar-refractivity contribution is 0.0738. The Morgan fingerprint density at radius 3 is 2.38 bits per heavy atom. The monoisotopic (exact) mass is 332 g/mol. The van der Waals surface area contributed by atoms with Crippen molar-refractivity contribution in [2.24, 2.45) is 5.92 Å². The number of hydrogen-bond donors (Lipinski definition) is 3. The molecule has 0 bridgehead atoms. The number of aliphatic hydroxyl groups excluding tert-OH is 1. The number of aliphatic hydroxyl groups is 1. The molecule has 0 aromatic heterocycles. The fourth-order valence-electron chi connectivity index (χ4n) is 3.13. The minimum atomic E-state index is -0.495. The van der Waals surface area contributed by atoms with Crippen LogP contribution in [0.1, 0.15) is 66.2 Å². The van der Waals surface area contributed by atoms with Gasteiger partial charge in [-0.05, 0) is 43.4 Å². The first-order valence-corrected chi connectivity index (χ1v) is 8.96. The van der Waals surface area contributed by atoms with E-state index in [9.17, 15) is 14.7 Å². The van der Waals surface area contributed by atoms with E-state index in [1.54, 1.807) is 24.3 Å². The normalized spacial score (nSPS) is 16.4. The molecule has 0 spiro atoms. The molecule has 2 amide bonds. The lowest BCUT2D eigenvalue weighted by atomic mass is 9.85. The van der Waals surface area contributed by atoms with Gasteiger partial charge in [0.1, 0.15) is 0 Å². The molecule has 1 aliphatic rings. The molecule has 5 nitrogen and oxygen atoms in total. The summed E-state index contributed by atoms with van der Waals surface area (Å²) >= 11 is 0. The number of carbonyl (C=O) groups is 2. The first-order chi connectivity index (χ1) is 11.6. The highest BCUT2D eigenvalue weighted by atomic mass is 16.3. The number of rotatable bonds is 7. The van der Waals surface area contributed by atoms with Crippen LogP contribution in [0.25, 0.3) is 0 Å². The van der Waals surface area contributed by atoms with E-state index in [4.69, 9.17) is 0 Å². The summed E-state index contributed by atoms with van der Waals surface area (Å²) in [6.07, 6.45) is 5.99. The third-order valence-electron chi connectivity index (χ3n) is 4.59. The molecule has 0 heterocycles. The van der Waals surface area contributed by atoms with E-state index >= 15 is 0 Å². The Bertz CT molecular complexity index is 553. The molecule has 5 heteroatoms. The highest BCUT2D eigenvalue weighted by molar-refractivity contribution is 5.99. The highest BCUT2D eigenvalue weighted by Gasteiger charge is 2.22. The van der Waals surface area contributed by atoms with E-state index in [2.05, 4.69) is 10.6 Å². The number of nitrogens with one attached hydrogen (secondary N) is 2. The predicted molar refractivity (Wildman–Crippen MR) is 94.0 cm³/mol. The van der Waals surface area contributed by atoms with Gasteiger partial charge in [0.2, 0.25) is 0 Å². The quantitative estimate of drug-likeness (QED) is 0.718. The molecule has 1 saturated carbocycles. The van der Waals surface area contributed by atoms with Gasteiger partial charge >= 0.3 is 0 Å². The van der Waals surface area contributed by atoms with Gasteiger partial charge in [-0.25, -0.2) is 0 Å². The zero-order valence-corrected chi connectivity index (χ0v) is 14.4. The molecule has 1 unspecified atom stereocenters. The third kappa shape index (κ3) is 5.34. The van der Waals surface area contributed by atoms with Gasteiger partial charge in [-0.3, -0.25) is 9.59 Å². The molecule has 3 N–H and O–H groups in total. The van der Waals surface area contributed by atoms with Crippen molar-refractivity contribution < 1.29 is 14.7 Å².